The molecule has 1 saturated carbocycles. The molecular weight excluding hydrogens is 613 g/mol. The number of amides is 1. The van der Waals surface area contributed by atoms with Crippen LogP contribution < -0.4 is 10.2 Å². The number of likely N-dealkylation sites (tertiary alicyclic amines) is 1. The predicted octanol–water partition coefficient (Wildman–Crippen LogP) is 2.93. The summed E-state index contributed by atoms with van der Waals surface area (Å²) in [6, 6.07) is 3.43. The Morgan fingerprint density at radius 3 is 2.58 bits per heavy atom. The molecule has 16 heteroatoms. The van der Waals surface area contributed by atoms with Gasteiger partial charge in [-0.2, -0.15) is 22.4 Å². The van der Waals surface area contributed by atoms with Crippen LogP contribution in [0.1, 0.15) is 44.6 Å². The average Bonchev–Trinajstić information content (AvgIpc) is 3.55. The van der Waals surface area contributed by atoms with Gasteiger partial charge in [-0.05, 0) is 45.1 Å². The zero-order valence-electron chi connectivity index (χ0n) is 24.3. The largest absolute Gasteiger partial charge is 0.471 e. The number of aliphatic hydroxyl groups is 1. The Morgan fingerprint density at radius 1 is 1.11 bits per heavy atom. The third kappa shape index (κ3) is 6.89. The monoisotopic (exact) mass is 644 g/mol. The minimum atomic E-state index is -4.92. The van der Waals surface area contributed by atoms with Crippen molar-refractivity contribution in [3.05, 3.63) is 42.5 Å². The number of pyridine rings is 1. The molecule has 6 rings (SSSR count). The fourth-order valence-electron chi connectivity index (χ4n) is 5.30. The van der Waals surface area contributed by atoms with Gasteiger partial charge in [0.15, 0.2) is 5.82 Å². The maximum absolute atomic E-state index is 12.9. The van der Waals surface area contributed by atoms with Crippen LogP contribution in [-0.2, 0) is 14.8 Å². The summed E-state index contributed by atoms with van der Waals surface area (Å²) in [7, 11) is -3.53. The maximum Gasteiger partial charge on any atom is 0.471 e. The second-order valence-corrected chi connectivity index (χ2v) is 13.9. The normalized spacial score (nSPS) is 20.1. The van der Waals surface area contributed by atoms with Gasteiger partial charge in [-0.1, -0.05) is 11.8 Å². The molecule has 2 saturated heterocycles. The number of piperidine rings is 1. The number of rotatable bonds is 6. The molecule has 12 nitrogen and oxygen atoms in total. The highest BCUT2D eigenvalue weighted by atomic mass is 32.2. The van der Waals surface area contributed by atoms with E-state index in [9.17, 15) is 31.5 Å². The molecule has 3 aromatic rings. The third-order valence-electron chi connectivity index (χ3n) is 8.13. The van der Waals surface area contributed by atoms with Crippen LogP contribution in [0.25, 0.3) is 11.4 Å². The van der Waals surface area contributed by atoms with Crippen molar-refractivity contribution in [2.75, 3.05) is 36.4 Å². The van der Waals surface area contributed by atoms with Crippen molar-refractivity contribution in [2.24, 2.45) is 5.92 Å². The molecule has 3 aliphatic rings. The van der Waals surface area contributed by atoms with E-state index in [0.717, 1.165) is 14.7 Å². The molecular formula is C29H31F3N8O4S. The Bertz CT molecular complexity index is 1770. The first-order valence-electron chi connectivity index (χ1n) is 14.5. The number of nitrogens with one attached hydrogen (secondary N) is 1. The van der Waals surface area contributed by atoms with E-state index in [1.165, 1.54) is 18.6 Å². The molecule has 2 N–H and O–H groups in total. The lowest BCUT2D eigenvalue weighted by Gasteiger charge is -2.37. The summed E-state index contributed by atoms with van der Waals surface area (Å²) >= 11 is 0. The standard InChI is InChI=1S/C29H31F3N8O4S/c1-28(42)8-12-38(13-9-28)23-14-25(34-15-20(23)3-2-19-7-11-39(17-19)27(41)29(30,31)32)36-24-6-10-33-26(37-24)21-16-35-40(18-21)45(43,44)22-4-5-22/h6,10,14-16,18-19,22,42H,4-5,7-9,11-13,17H2,1H3,(H,33,34,36,37). The number of aromatic nitrogens is 5. The highest BCUT2D eigenvalue weighted by Crippen LogP contribution is 2.32. The number of carbonyl (C=O) groups is 1. The third-order valence-corrected chi connectivity index (χ3v) is 10.2. The summed E-state index contributed by atoms with van der Waals surface area (Å²) in [4.78, 5) is 27.7. The van der Waals surface area contributed by atoms with Gasteiger partial charge in [0.25, 0.3) is 10.0 Å². The highest BCUT2D eigenvalue weighted by Gasteiger charge is 2.44. The van der Waals surface area contributed by atoms with E-state index in [1.54, 1.807) is 25.3 Å². The lowest BCUT2D eigenvalue weighted by molar-refractivity contribution is -0.184. The summed E-state index contributed by atoms with van der Waals surface area (Å²) in [6.45, 7) is 2.78. The Morgan fingerprint density at radius 2 is 1.87 bits per heavy atom. The van der Waals surface area contributed by atoms with Gasteiger partial charge in [0, 0.05) is 50.6 Å². The molecule has 0 spiro atoms. The molecule has 0 aromatic carbocycles. The Labute approximate surface area is 257 Å². The number of hydrogen-bond donors (Lipinski definition) is 2. The van der Waals surface area contributed by atoms with Crippen LogP contribution in [0.5, 0.6) is 0 Å². The molecule has 3 fully saturated rings. The fraction of sp³-hybridized carbons (Fsp3) is 0.483. The van der Waals surface area contributed by atoms with Gasteiger partial charge >= 0.3 is 12.1 Å². The lowest BCUT2D eigenvalue weighted by atomic mass is 9.93. The van der Waals surface area contributed by atoms with E-state index in [2.05, 4.69) is 42.1 Å². The molecule has 0 bridgehead atoms. The van der Waals surface area contributed by atoms with Gasteiger partial charge in [-0.25, -0.2) is 23.4 Å². The summed E-state index contributed by atoms with van der Waals surface area (Å²) < 4.78 is 64.6. The molecule has 45 heavy (non-hydrogen) atoms. The minimum Gasteiger partial charge on any atom is -0.390 e. The Kier molecular flexibility index (Phi) is 7.94. The van der Waals surface area contributed by atoms with Crippen molar-refractivity contribution in [1.82, 2.24) is 29.0 Å². The van der Waals surface area contributed by atoms with E-state index in [0.29, 0.717) is 68.0 Å². The quantitative estimate of drug-likeness (QED) is 0.384. The van der Waals surface area contributed by atoms with Crippen LogP contribution >= 0.6 is 0 Å². The van der Waals surface area contributed by atoms with Gasteiger partial charge in [-0.15, -0.1) is 0 Å². The van der Waals surface area contributed by atoms with E-state index in [-0.39, 0.29) is 18.9 Å². The van der Waals surface area contributed by atoms with E-state index < -0.39 is 38.9 Å². The van der Waals surface area contributed by atoms with Crippen molar-refractivity contribution in [1.29, 1.82) is 0 Å². The van der Waals surface area contributed by atoms with Crippen LogP contribution in [0.3, 0.4) is 0 Å². The van der Waals surface area contributed by atoms with E-state index in [1.807, 2.05) is 0 Å². The van der Waals surface area contributed by atoms with Crippen molar-refractivity contribution in [3.63, 3.8) is 0 Å². The van der Waals surface area contributed by atoms with E-state index in [4.69, 9.17) is 0 Å². The van der Waals surface area contributed by atoms with Crippen molar-refractivity contribution < 1.29 is 31.5 Å². The van der Waals surface area contributed by atoms with Crippen LogP contribution in [0, 0.1) is 17.8 Å². The van der Waals surface area contributed by atoms with Crippen molar-refractivity contribution in [3.8, 4) is 23.2 Å². The van der Waals surface area contributed by atoms with Crippen LogP contribution in [0.2, 0.25) is 0 Å². The molecule has 0 radical (unpaired) electrons. The molecule has 1 amide bonds. The molecule has 3 aromatic heterocycles. The average molecular weight is 645 g/mol. The van der Waals surface area contributed by atoms with Gasteiger partial charge in [0.05, 0.1) is 40.1 Å². The summed E-state index contributed by atoms with van der Waals surface area (Å²) in [5.41, 5.74) is 0.940. The summed E-state index contributed by atoms with van der Waals surface area (Å²) in [5.74, 6) is 4.95. The SMILES string of the molecule is CC1(O)CCN(c2cc(Nc3ccnc(-c4cnn(S(=O)(=O)C5CC5)c4)n3)ncc2C#CC2CCN(C(=O)C(F)(F)F)C2)CC1. The number of alkyl halides is 3. The first kappa shape index (κ1) is 30.8. The smallest absolute Gasteiger partial charge is 0.390 e. The Balaban J connectivity index is 1.23. The summed E-state index contributed by atoms with van der Waals surface area (Å²) in [5, 5.41) is 17.2. The van der Waals surface area contributed by atoms with Crippen LogP contribution in [-0.4, -0.2) is 91.7 Å². The number of hydrogen-bond acceptors (Lipinski definition) is 10. The van der Waals surface area contributed by atoms with Gasteiger partial charge < -0.3 is 20.2 Å². The summed E-state index contributed by atoms with van der Waals surface area (Å²) in [6.07, 6.45) is 3.60. The zero-order valence-corrected chi connectivity index (χ0v) is 25.1. The number of nitrogens with zero attached hydrogens (tertiary/aromatic N) is 7. The van der Waals surface area contributed by atoms with Crippen molar-refractivity contribution >= 4 is 33.3 Å². The van der Waals surface area contributed by atoms with Gasteiger partial charge in [0.1, 0.15) is 11.6 Å². The number of halogens is 3. The molecule has 1 unspecified atom stereocenters. The topological polar surface area (TPSA) is 146 Å². The van der Waals surface area contributed by atoms with E-state index >= 15 is 0 Å². The molecule has 1 aliphatic carbocycles. The molecule has 2 aliphatic heterocycles. The fourth-order valence-corrected chi connectivity index (χ4v) is 6.77. The molecule has 5 heterocycles. The first-order chi connectivity index (χ1) is 21.3. The second kappa shape index (κ2) is 11.6. The van der Waals surface area contributed by atoms with Crippen molar-refractivity contribution in [2.45, 2.75) is 56.1 Å². The lowest BCUT2D eigenvalue weighted by Crippen LogP contribution is -2.42. The van der Waals surface area contributed by atoms with Crippen LogP contribution in [0.4, 0.5) is 30.5 Å². The van der Waals surface area contributed by atoms with Gasteiger partial charge in [-0.3, -0.25) is 4.79 Å². The number of carbonyl (C=O) groups excluding carboxylic acids is 1. The molecule has 238 valence electrons. The maximum atomic E-state index is 12.9. The highest BCUT2D eigenvalue weighted by molar-refractivity contribution is 7.90. The van der Waals surface area contributed by atoms with Gasteiger partial charge in [0.2, 0.25) is 0 Å². The molecule has 1 atom stereocenters. The number of anilines is 3. The predicted molar refractivity (Wildman–Crippen MR) is 158 cm³/mol. The second-order valence-electron chi connectivity index (χ2n) is 11.8. The minimum absolute atomic E-state index is 0.00903. The Hall–Kier alpha value is -4.23. The van der Waals surface area contributed by atoms with Crippen LogP contribution in [0.15, 0.2) is 36.9 Å². The first-order valence-corrected chi connectivity index (χ1v) is 16.0. The zero-order chi connectivity index (χ0) is 32.0.